The van der Waals surface area contributed by atoms with Gasteiger partial charge in [0.2, 0.25) is 0 Å². The van der Waals surface area contributed by atoms with Crippen LogP contribution in [0.5, 0.6) is 0 Å². The van der Waals surface area contributed by atoms with Gasteiger partial charge in [0.15, 0.2) is 11.6 Å². The van der Waals surface area contributed by atoms with Gasteiger partial charge in [-0.05, 0) is 6.92 Å². The average molecular weight is 205 g/mol. The van der Waals surface area contributed by atoms with Crippen LogP contribution in [0.3, 0.4) is 0 Å². The first kappa shape index (κ1) is 10.8. The maximum atomic E-state index is 12.9. The minimum atomic E-state index is -1.01. The predicted octanol–water partition coefficient (Wildman–Crippen LogP) is 1.90. The number of halogens is 3. The first-order valence-electron chi connectivity index (χ1n) is 4.07. The van der Waals surface area contributed by atoms with E-state index in [2.05, 4.69) is 5.32 Å². The molecule has 0 heterocycles. The zero-order valence-electron chi connectivity index (χ0n) is 7.52. The molecule has 1 rings (SSSR count). The number of rotatable bonds is 3. The quantitative estimate of drug-likeness (QED) is 0.789. The van der Waals surface area contributed by atoms with Crippen molar-refractivity contribution in [3.63, 3.8) is 0 Å². The summed E-state index contributed by atoms with van der Waals surface area (Å²) in [6, 6.07) is 1.15. The third kappa shape index (κ3) is 2.63. The summed E-state index contributed by atoms with van der Waals surface area (Å²) in [5.74, 6) is -2.99. The Labute approximate surface area is 79.4 Å². The second-order valence-electron chi connectivity index (χ2n) is 2.97. The van der Waals surface area contributed by atoms with Crippen LogP contribution in [0.25, 0.3) is 0 Å². The largest absolute Gasteiger partial charge is 0.392 e. The van der Waals surface area contributed by atoms with E-state index in [1.807, 2.05) is 0 Å². The normalized spacial score (nSPS) is 12.6. The molecule has 0 fully saturated rings. The molecule has 78 valence electrons. The van der Waals surface area contributed by atoms with Gasteiger partial charge in [-0.15, -0.1) is 0 Å². The second-order valence-corrected chi connectivity index (χ2v) is 2.97. The van der Waals surface area contributed by atoms with Crippen LogP contribution >= 0.6 is 0 Å². The van der Waals surface area contributed by atoms with Crippen molar-refractivity contribution >= 4 is 5.69 Å². The van der Waals surface area contributed by atoms with Gasteiger partial charge in [0.1, 0.15) is 11.5 Å². The Morgan fingerprint density at radius 3 is 2.21 bits per heavy atom. The SMILES string of the molecule is C[C@H](O)CNc1c(F)cc(F)cc1F. The van der Waals surface area contributed by atoms with Crippen molar-refractivity contribution in [2.45, 2.75) is 13.0 Å². The summed E-state index contributed by atoms with van der Waals surface area (Å²) < 4.78 is 38.3. The van der Waals surface area contributed by atoms with Gasteiger partial charge in [-0.1, -0.05) is 0 Å². The summed E-state index contributed by atoms with van der Waals surface area (Å²) in [7, 11) is 0. The minimum Gasteiger partial charge on any atom is -0.392 e. The molecule has 0 spiro atoms. The number of aliphatic hydroxyl groups is 1. The molecule has 1 atom stereocenters. The predicted molar refractivity (Wildman–Crippen MR) is 46.5 cm³/mol. The molecule has 0 aliphatic carbocycles. The van der Waals surface area contributed by atoms with Gasteiger partial charge in [-0.3, -0.25) is 0 Å². The van der Waals surface area contributed by atoms with Crippen molar-refractivity contribution in [3.8, 4) is 0 Å². The Kier molecular flexibility index (Phi) is 3.35. The van der Waals surface area contributed by atoms with Crippen molar-refractivity contribution in [1.29, 1.82) is 0 Å². The molecular formula is C9H10F3NO. The smallest absolute Gasteiger partial charge is 0.152 e. The Bertz CT molecular complexity index is 305. The van der Waals surface area contributed by atoms with Gasteiger partial charge >= 0.3 is 0 Å². The highest BCUT2D eigenvalue weighted by molar-refractivity contribution is 5.46. The van der Waals surface area contributed by atoms with Gasteiger partial charge < -0.3 is 10.4 Å². The van der Waals surface area contributed by atoms with E-state index in [9.17, 15) is 13.2 Å². The maximum absolute atomic E-state index is 12.9. The fourth-order valence-electron chi connectivity index (χ4n) is 0.961. The van der Waals surface area contributed by atoms with Crippen LogP contribution in [0.1, 0.15) is 6.92 Å². The molecule has 0 aromatic heterocycles. The van der Waals surface area contributed by atoms with E-state index in [1.165, 1.54) is 6.92 Å². The molecule has 0 aliphatic rings. The lowest BCUT2D eigenvalue weighted by Crippen LogP contribution is -2.17. The van der Waals surface area contributed by atoms with Crippen molar-refractivity contribution < 1.29 is 18.3 Å². The molecule has 0 saturated carbocycles. The zero-order chi connectivity index (χ0) is 10.7. The van der Waals surface area contributed by atoms with Crippen molar-refractivity contribution in [2.24, 2.45) is 0 Å². The third-order valence-corrected chi connectivity index (χ3v) is 1.58. The van der Waals surface area contributed by atoms with Crippen LogP contribution in [-0.4, -0.2) is 17.8 Å². The molecule has 1 aromatic carbocycles. The molecule has 5 heteroatoms. The van der Waals surface area contributed by atoms with Crippen LogP contribution in [0.2, 0.25) is 0 Å². The summed E-state index contributed by atoms with van der Waals surface area (Å²) in [5.41, 5.74) is -0.424. The first-order chi connectivity index (χ1) is 6.50. The Hall–Kier alpha value is -1.23. The molecule has 0 radical (unpaired) electrons. The van der Waals surface area contributed by atoms with Crippen LogP contribution in [0.4, 0.5) is 18.9 Å². The fourth-order valence-corrected chi connectivity index (χ4v) is 0.961. The van der Waals surface area contributed by atoms with Gasteiger partial charge in [-0.2, -0.15) is 0 Å². The first-order valence-corrected chi connectivity index (χ1v) is 4.07. The fraction of sp³-hybridized carbons (Fsp3) is 0.333. The number of benzene rings is 1. The van der Waals surface area contributed by atoms with Crippen LogP contribution in [0, 0.1) is 17.5 Å². The standard InChI is InChI=1S/C9H10F3NO/c1-5(14)4-13-9-7(11)2-6(10)3-8(9)12/h2-3,5,13-14H,4H2,1H3/t5-/m0/s1. The third-order valence-electron chi connectivity index (χ3n) is 1.58. The monoisotopic (exact) mass is 205 g/mol. The Morgan fingerprint density at radius 2 is 1.79 bits per heavy atom. The Morgan fingerprint density at radius 1 is 1.29 bits per heavy atom. The summed E-state index contributed by atoms with van der Waals surface area (Å²) >= 11 is 0. The summed E-state index contributed by atoms with van der Waals surface area (Å²) in [5, 5.41) is 11.2. The van der Waals surface area contributed by atoms with Gasteiger partial charge in [0.25, 0.3) is 0 Å². The lowest BCUT2D eigenvalue weighted by Gasteiger charge is -2.10. The minimum absolute atomic E-state index is 0.000523. The van der Waals surface area contributed by atoms with E-state index in [0.717, 1.165) is 0 Å². The highest BCUT2D eigenvalue weighted by atomic mass is 19.1. The summed E-state index contributed by atoms with van der Waals surface area (Å²) in [6.45, 7) is 1.46. The van der Waals surface area contributed by atoms with Gasteiger partial charge in [0, 0.05) is 18.7 Å². The average Bonchev–Trinajstić information content (AvgIpc) is 2.01. The lowest BCUT2D eigenvalue weighted by molar-refractivity contribution is 0.208. The van der Waals surface area contributed by atoms with E-state index < -0.39 is 29.2 Å². The summed E-state index contributed by atoms with van der Waals surface area (Å²) in [6.07, 6.45) is -0.737. The van der Waals surface area contributed by atoms with E-state index in [1.54, 1.807) is 0 Å². The number of anilines is 1. The molecule has 14 heavy (non-hydrogen) atoms. The van der Waals surface area contributed by atoms with Crippen LogP contribution in [0.15, 0.2) is 12.1 Å². The molecule has 0 bridgehead atoms. The van der Waals surface area contributed by atoms with E-state index in [4.69, 9.17) is 5.11 Å². The topological polar surface area (TPSA) is 32.3 Å². The van der Waals surface area contributed by atoms with Crippen molar-refractivity contribution in [3.05, 3.63) is 29.6 Å². The number of hydrogen-bond donors (Lipinski definition) is 2. The van der Waals surface area contributed by atoms with Crippen molar-refractivity contribution in [1.82, 2.24) is 0 Å². The molecule has 0 unspecified atom stereocenters. The molecule has 2 nitrogen and oxygen atoms in total. The Balaban J connectivity index is 2.86. The lowest BCUT2D eigenvalue weighted by atomic mass is 10.2. The molecule has 0 amide bonds. The van der Waals surface area contributed by atoms with Crippen LogP contribution in [-0.2, 0) is 0 Å². The second kappa shape index (κ2) is 4.32. The molecule has 1 aromatic rings. The maximum Gasteiger partial charge on any atom is 0.152 e. The molecule has 2 N–H and O–H groups in total. The van der Waals surface area contributed by atoms with Crippen molar-refractivity contribution in [2.75, 3.05) is 11.9 Å². The van der Waals surface area contributed by atoms with Gasteiger partial charge in [0.05, 0.1) is 6.10 Å². The summed E-state index contributed by atoms with van der Waals surface area (Å²) in [4.78, 5) is 0. The number of nitrogens with one attached hydrogen (secondary N) is 1. The van der Waals surface area contributed by atoms with E-state index in [0.29, 0.717) is 12.1 Å². The highest BCUT2D eigenvalue weighted by Gasteiger charge is 2.11. The molecule has 0 saturated heterocycles. The highest BCUT2D eigenvalue weighted by Crippen LogP contribution is 2.19. The van der Waals surface area contributed by atoms with Crippen LogP contribution < -0.4 is 5.32 Å². The molecular weight excluding hydrogens is 195 g/mol. The van der Waals surface area contributed by atoms with Gasteiger partial charge in [-0.25, -0.2) is 13.2 Å². The number of aliphatic hydroxyl groups excluding tert-OH is 1. The molecule has 0 aliphatic heterocycles. The number of hydrogen-bond acceptors (Lipinski definition) is 2. The van der Waals surface area contributed by atoms with E-state index in [-0.39, 0.29) is 6.54 Å². The van der Waals surface area contributed by atoms with E-state index >= 15 is 0 Å². The zero-order valence-corrected chi connectivity index (χ0v) is 7.52.